The number of hydrogen-bond acceptors (Lipinski definition) is 15. The fourth-order valence-electron chi connectivity index (χ4n) is 10.8. The van der Waals surface area contributed by atoms with Crippen molar-refractivity contribution in [3.05, 3.63) is 71.7 Å². The smallest absolute Gasteiger partial charge is 0.303 e. The molecule has 2 aliphatic heterocycles. The first-order chi connectivity index (χ1) is 43.7. The Bertz CT molecular complexity index is 3170. The Morgan fingerprint density at radius 3 is 1.96 bits per heavy atom. The number of carboxylic acid groups (broad SMARTS) is 1. The van der Waals surface area contributed by atoms with Crippen molar-refractivity contribution in [3.8, 4) is 0 Å². The molecule has 18 N–H and O–H groups in total. The number of para-hydroxylation sites is 1. The first-order valence-electron chi connectivity index (χ1n) is 30.8. The molecule has 0 spiro atoms. The lowest BCUT2D eigenvalue weighted by Crippen LogP contribution is -2.61. The van der Waals surface area contributed by atoms with Gasteiger partial charge in [-0.3, -0.25) is 72.2 Å². The minimum Gasteiger partial charge on any atom is -0.481 e. The standard InChI is InChI=1S/C61H87FN16O14/c1-5-39(69-34(4)79)52(84)75-46(29-35-17-19-37(62)20-18-35)57(89)76-47(30-36-31-68-40-13-7-6-12-38(36)40)58(90)72-42-21-23-50(81)78(32-49(64)80)60(92)48-16-11-27-77(48)59(91)44(14-8-9-25-63)73-56(88)45(28-33(2)3)74-53(85)41(15-10-26-67-61(65)66)70-55(87)43(71-54(42)86)22-24-51(82)83/h6-7,12-13,17-20,31,33,39,41-48,68H,5,8-11,14-16,21-30,32,63H2,1-4H3,(H2,64,80)(H,69,79)(H,70,87)(H,71,86)(H,72,90)(H,73,88)(H,74,85)(H,75,84)(H,76,89)(H,82,83)(H4,65,66,67)/t39-,41-,42+,43+,44-,45+,46-,47-,48+/m0/s1. The van der Waals surface area contributed by atoms with Gasteiger partial charge in [0, 0.05) is 62.8 Å². The van der Waals surface area contributed by atoms with Crippen LogP contribution in [0.25, 0.3) is 10.9 Å². The fourth-order valence-corrected chi connectivity index (χ4v) is 10.8. The number of aromatic nitrogens is 1. The van der Waals surface area contributed by atoms with Crippen molar-refractivity contribution in [1.29, 1.82) is 0 Å². The van der Waals surface area contributed by atoms with Gasteiger partial charge in [-0.25, -0.2) is 4.39 Å². The van der Waals surface area contributed by atoms with Crippen LogP contribution < -0.4 is 65.5 Å². The molecule has 30 nitrogen and oxygen atoms in total. The van der Waals surface area contributed by atoms with Crippen molar-refractivity contribution < 1.29 is 71.8 Å². The number of nitrogens with zero attached hydrogens (tertiary/aromatic N) is 3. The van der Waals surface area contributed by atoms with E-state index < -0.39 is 169 Å². The predicted octanol–water partition coefficient (Wildman–Crippen LogP) is -1.88. The van der Waals surface area contributed by atoms with Gasteiger partial charge in [-0.05, 0) is 112 Å². The maximum atomic E-state index is 15.2. The number of primary amides is 1. The summed E-state index contributed by atoms with van der Waals surface area (Å²) in [5.41, 5.74) is 24.0. The van der Waals surface area contributed by atoms with Gasteiger partial charge in [-0.1, -0.05) is 51.1 Å². The Labute approximate surface area is 531 Å². The lowest BCUT2D eigenvalue weighted by Gasteiger charge is -2.32. The van der Waals surface area contributed by atoms with E-state index in [9.17, 15) is 62.2 Å². The van der Waals surface area contributed by atoms with Crippen LogP contribution in [0.1, 0.15) is 122 Å². The number of aliphatic imine (C=N–C) groups is 1. The van der Waals surface area contributed by atoms with Crippen molar-refractivity contribution in [1.82, 2.24) is 57.3 Å². The van der Waals surface area contributed by atoms with Gasteiger partial charge in [-0.15, -0.1) is 0 Å². The largest absolute Gasteiger partial charge is 0.481 e. The number of benzene rings is 2. The Morgan fingerprint density at radius 2 is 1.33 bits per heavy atom. The number of imide groups is 1. The summed E-state index contributed by atoms with van der Waals surface area (Å²) in [6.07, 6.45) is -1.18. The number of carbonyl (C=O) groups excluding carboxylic acids is 12. The number of aromatic amines is 1. The highest BCUT2D eigenvalue weighted by molar-refractivity contribution is 6.04. The molecule has 2 aliphatic rings. The number of fused-ring (bicyclic) bond motifs is 2. The third kappa shape index (κ3) is 22.4. The van der Waals surface area contributed by atoms with Crippen LogP contribution in [-0.4, -0.2) is 183 Å². The quantitative estimate of drug-likeness (QED) is 0.0172. The lowest BCUT2D eigenvalue weighted by atomic mass is 10.0. The zero-order valence-corrected chi connectivity index (χ0v) is 52.2. The van der Waals surface area contributed by atoms with Gasteiger partial charge in [0.05, 0.1) is 0 Å². The van der Waals surface area contributed by atoms with E-state index in [4.69, 9.17) is 22.9 Å². The summed E-state index contributed by atoms with van der Waals surface area (Å²) in [5, 5.41) is 31.3. The predicted molar refractivity (Wildman–Crippen MR) is 333 cm³/mol. The summed E-state index contributed by atoms with van der Waals surface area (Å²) >= 11 is 0. The minimum atomic E-state index is -1.95. The van der Waals surface area contributed by atoms with Crippen molar-refractivity contribution >= 4 is 93.7 Å². The summed E-state index contributed by atoms with van der Waals surface area (Å²) in [4.78, 5) is 192. The molecule has 12 amide bonds. The molecular weight excluding hydrogens is 1200 g/mol. The molecule has 2 aromatic carbocycles. The van der Waals surface area contributed by atoms with Crippen LogP contribution >= 0.6 is 0 Å². The summed E-state index contributed by atoms with van der Waals surface area (Å²) < 4.78 is 14.2. The van der Waals surface area contributed by atoms with Crippen molar-refractivity contribution in [2.24, 2.45) is 33.8 Å². The van der Waals surface area contributed by atoms with Crippen LogP contribution in [0, 0.1) is 11.7 Å². The van der Waals surface area contributed by atoms with Crippen molar-refractivity contribution in [3.63, 3.8) is 0 Å². The number of hydrogen-bond donors (Lipinski definition) is 14. The first kappa shape index (κ1) is 73.2. The molecule has 2 fully saturated rings. The molecule has 0 unspecified atom stereocenters. The Balaban J connectivity index is 1.66. The van der Waals surface area contributed by atoms with Crippen LogP contribution in [-0.2, 0) is 75.2 Å². The molecule has 92 heavy (non-hydrogen) atoms. The molecule has 0 radical (unpaired) electrons. The maximum absolute atomic E-state index is 15.2. The number of H-pyrrole nitrogens is 1. The number of aliphatic carboxylic acids is 1. The van der Waals surface area contributed by atoms with E-state index in [0.717, 1.165) is 12.1 Å². The van der Waals surface area contributed by atoms with Crippen molar-refractivity contribution in [2.45, 2.75) is 178 Å². The third-order valence-electron chi connectivity index (χ3n) is 15.6. The topological polar surface area (TPSA) is 477 Å². The van der Waals surface area contributed by atoms with E-state index in [-0.39, 0.29) is 89.3 Å². The molecule has 1 aromatic heterocycles. The SMILES string of the molecule is CC[C@H](NC(C)=O)C(=O)N[C@@H](Cc1ccc(F)cc1)C(=O)N[C@@H](Cc1c[nH]c2ccccc12)C(=O)N[C@@H]1CCC(=O)N(CC(N)=O)C(=O)[C@H]2CCCN2C(=O)[C@H](CCCCN)NC(=O)[C@@H](CC(C)C)NC(=O)[C@H](CCCN=C(N)N)NC(=O)[C@@H](CCC(=O)O)NC1=O. The summed E-state index contributed by atoms with van der Waals surface area (Å²) in [6, 6.07) is -1.82. The molecular formula is C61H87FN16O14. The molecule has 0 bridgehead atoms. The van der Waals surface area contributed by atoms with Gasteiger partial charge in [0.15, 0.2) is 5.96 Å². The second kappa shape index (κ2) is 35.7. The Kier molecular flexibility index (Phi) is 28.4. The van der Waals surface area contributed by atoms with E-state index in [1.165, 1.54) is 24.0 Å². The third-order valence-corrected chi connectivity index (χ3v) is 15.6. The minimum absolute atomic E-state index is 0.00581. The van der Waals surface area contributed by atoms with Gasteiger partial charge in [0.1, 0.15) is 66.7 Å². The highest BCUT2D eigenvalue weighted by atomic mass is 19.1. The zero-order chi connectivity index (χ0) is 67.8. The molecule has 3 aromatic rings. The number of amides is 12. The summed E-state index contributed by atoms with van der Waals surface area (Å²) in [5.74, 6) is -14.2. The Morgan fingerprint density at radius 1 is 0.717 bits per heavy atom. The van der Waals surface area contributed by atoms with E-state index in [1.54, 1.807) is 51.2 Å². The molecule has 31 heteroatoms. The van der Waals surface area contributed by atoms with Gasteiger partial charge in [0.25, 0.3) is 5.91 Å². The van der Waals surface area contributed by atoms with Crippen LogP contribution in [0.4, 0.5) is 4.39 Å². The Hall–Kier alpha value is -9.55. The number of nitrogens with two attached hydrogens (primary N) is 4. The van der Waals surface area contributed by atoms with Gasteiger partial charge < -0.3 is 80.5 Å². The second-order valence-corrected chi connectivity index (χ2v) is 23.3. The molecule has 0 saturated carbocycles. The first-order valence-corrected chi connectivity index (χ1v) is 30.8. The summed E-state index contributed by atoms with van der Waals surface area (Å²) in [6.45, 7) is 5.45. The van der Waals surface area contributed by atoms with Crippen LogP contribution in [0.5, 0.6) is 0 Å². The number of unbranched alkanes of at least 4 members (excludes halogenated alkanes) is 1. The lowest BCUT2D eigenvalue weighted by molar-refractivity contribution is -0.153. The van der Waals surface area contributed by atoms with E-state index >= 15 is 9.59 Å². The van der Waals surface area contributed by atoms with Crippen molar-refractivity contribution in [2.75, 3.05) is 26.2 Å². The second-order valence-electron chi connectivity index (χ2n) is 23.3. The van der Waals surface area contributed by atoms with Crippen LogP contribution in [0.3, 0.4) is 0 Å². The number of halogens is 1. The number of carbonyl (C=O) groups is 13. The molecule has 2 saturated heterocycles. The number of guanidine groups is 1. The molecule has 5 rings (SSSR count). The molecule has 3 heterocycles. The highest BCUT2D eigenvalue weighted by Gasteiger charge is 2.43. The average molecular weight is 1290 g/mol. The number of nitrogens with one attached hydrogen (secondary N) is 9. The molecule has 502 valence electrons. The van der Waals surface area contributed by atoms with E-state index in [1.807, 2.05) is 0 Å². The number of rotatable bonds is 27. The van der Waals surface area contributed by atoms with Crippen LogP contribution in [0.2, 0.25) is 0 Å². The van der Waals surface area contributed by atoms with E-state index in [0.29, 0.717) is 39.8 Å². The maximum Gasteiger partial charge on any atom is 0.303 e. The molecule has 9 atom stereocenters. The van der Waals surface area contributed by atoms with E-state index in [2.05, 4.69) is 52.5 Å². The normalized spacial score (nSPS) is 20.7. The van der Waals surface area contributed by atoms with Gasteiger partial charge in [0.2, 0.25) is 65.0 Å². The fraction of sp³-hybridized carbons (Fsp3) is 0.541. The van der Waals surface area contributed by atoms with Gasteiger partial charge in [-0.2, -0.15) is 0 Å². The summed E-state index contributed by atoms with van der Waals surface area (Å²) in [7, 11) is 0. The average Bonchev–Trinajstić information content (AvgIpc) is 1.65. The monoisotopic (exact) mass is 1290 g/mol. The molecule has 0 aliphatic carbocycles. The highest BCUT2D eigenvalue weighted by Crippen LogP contribution is 2.24. The van der Waals surface area contributed by atoms with Crippen LogP contribution in [0.15, 0.2) is 59.7 Å². The van der Waals surface area contributed by atoms with Gasteiger partial charge >= 0.3 is 5.97 Å². The zero-order valence-electron chi connectivity index (χ0n) is 52.2. The number of carboxylic acids is 1.